The molecule has 0 bridgehead atoms. The van der Waals surface area contributed by atoms with Gasteiger partial charge in [0, 0.05) is 25.3 Å². The van der Waals surface area contributed by atoms with Crippen LogP contribution in [0.2, 0.25) is 0 Å². The predicted molar refractivity (Wildman–Crippen MR) is 70.1 cm³/mol. The Bertz CT molecular complexity index is 286. The number of carbonyl (C=O) groups is 2. The molecule has 2 amide bonds. The van der Waals surface area contributed by atoms with Gasteiger partial charge in [0.05, 0.1) is 0 Å². The number of likely N-dealkylation sites (N-methyl/N-ethyl adjacent to an activating group) is 1. The fraction of sp³-hybridized carbons (Fsp3) is 0.818. The normalized spacial score (nSPS) is 22.9. The number of hydrogen-bond donors (Lipinski definition) is 3. The van der Waals surface area contributed by atoms with Gasteiger partial charge in [0.25, 0.3) is 0 Å². The second-order valence-corrected chi connectivity index (χ2v) is 4.91. The minimum absolute atomic E-state index is 0.143. The summed E-state index contributed by atoms with van der Waals surface area (Å²) in [6.45, 7) is 3.34. The fourth-order valence-electron chi connectivity index (χ4n) is 2.03. The molecule has 0 spiro atoms. The number of likely N-dealkylation sites (tertiary alicyclic amines) is 1. The van der Waals surface area contributed by atoms with Crippen LogP contribution in [0, 0.1) is 0 Å². The molecule has 17 heavy (non-hydrogen) atoms. The molecule has 2 atom stereocenters. The van der Waals surface area contributed by atoms with E-state index in [1.54, 1.807) is 0 Å². The largest absolute Gasteiger partial charge is 0.350 e. The number of hydrogen-bond acceptors (Lipinski definition) is 4. The van der Waals surface area contributed by atoms with E-state index in [-0.39, 0.29) is 17.9 Å². The Hall–Kier alpha value is -0.750. The molecule has 0 aromatic rings. The van der Waals surface area contributed by atoms with Gasteiger partial charge in [-0.2, -0.15) is 12.6 Å². The van der Waals surface area contributed by atoms with Gasteiger partial charge in [-0.25, -0.2) is 0 Å². The monoisotopic (exact) mass is 259 g/mol. The van der Waals surface area contributed by atoms with Crippen molar-refractivity contribution >= 4 is 24.4 Å². The van der Waals surface area contributed by atoms with Crippen LogP contribution in [0.4, 0.5) is 0 Å². The molecule has 1 saturated heterocycles. The van der Waals surface area contributed by atoms with Crippen molar-refractivity contribution in [2.45, 2.75) is 31.8 Å². The Morgan fingerprint density at radius 3 is 2.76 bits per heavy atom. The van der Waals surface area contributed by atoms with Crippen LogP contribution < -0.4 is 10.6 Å². The van der Waals surface area contributed by atoms with Gasteiger partial charge >= 0.3 is 0 Å². The number of nitrogens with one attached hydrogen (secondary N) is 2. The number of nitrogens with zero attached hydrogens (tertiary/aromatic N) is 1. The van der Waals surface area contributed by atoms with E-state index in [1.165, 1.54) is 6.92 Å². The molecule has 2 unspecified atom stereocenters. The summed E-state index contributed by atoms with van der Waals surface area (Å²) in [6, 6.07) is -0.361. The number of rotatable bonds is 4. The highest BCUT2D eigenvalue weighted by Gasteiger charge is 2.23. The lowest BCUT2D eigenvalue weighted by Crippen LogP contribution is -2.53. The third kappa shape index (κ3) is 4.95. The molecule has 0 saturated carbocycles. The lowest BCUT2D eigenvalue weighted by Gasteiger charge is -2.31. The predicted octanol–water partition coefficient (Wildman–Crippen LogP) is -0.369. The molecule has 1 heterocycles. The third-order valence-electron chi connectivity index (χ3n) is 2.85. The van der Waals surface area contributed by atoms with E-state index in [0.717, 1.165) is 25.9 Å². The van der Waals surface area contributed by atoms with Crippen molar-refractivity contribution in [1.29, 1.82) is 0 Å². The summed E-state index contributed by atoms with van der Waals surface area (Å²) in [4.78, 5) is 25.0. The summed E-state index contributed by atoms with van der Waals surface area (Å²) >= 11 is 4.08. The minimum atomic E-state index is -0.539. The Kier molecular flexibility index (Phi) is 5.77. The number of thiol groups is 1. The van der Waals surface area contributed by atoms with Crippen molar-refractivity contribution in [3.8, 4) is 0 Å². The van der Waals surface area contributed by atoms with Crippen LogP contribution in [-0.2, 0) is 9.59 Å². The summed E-state index contributed by atoms with van der Waals surface area (Å²) in [5.74, 6) is -0.0380. The highest BCUT2D eigenvalue weighted by atomic mass is 32.1. The van der Waals surface area contributed by atoms with Crippen molar-refractivity contribution in [2.24, 2.45) is 0 Å². The van der Waals surface area contributed by atoms with Crippen LogP contribution in [0.1, 0.15) is 19.8 Å². The van der Waals surface area contributed by atoms with Gasteiger partial charge in [0.15, 0.2) is 0 Å². The zero-order valence-electron chi connectivity index (χ0n) is 10.4. The van der Waals surface area contributed by atoms with Gasteiger partial charge in [0.2, 0.25) is 11.8 Å². The lowest BCUT2D eigenvalue weighted by atomic mass is 10.1. The smallest absolute Gasteiger partial charge is 0.243 e. The lowest BCUT2D eigenvalue weighted by molar-refractivity contribution is -0.128. The summed E-state index contributed by atoms with van der Waals surface area (Å²) in [6.07, 6.45) is 2.09. The zero-order chi connectivity index (χ0) is 12.8. The van der Waals surface area contributed by atoms with Gasteiger partial charge in [-0.15, -0.1) is 0 Å². The van der Waals surface area contributed by atoms with Crippen molar-refractivity contribution in [1.82, 2.24) is 15.5 Å². The highest BCUT2D eigenvalue weighted by Crippen LogP contribution is 2.08. The summed E-state index contributed by atoms with van der Waals surface area (Å²) in [5.41, 5.74) is 0. The first kappa shape index (κ1) is 14.3. The Balaban J connectivity index is 2.43. The van der Waals surface area contributed by atoms with E-state index in [2.05, 4.69) is 28.2 Å². The van der Waals surface area contributed by atoms with Crippen molar-refractivity contribution in [2.75, 3.05) is 25.9 Å². The van der Waals surface area contributed by atoms with E-state index in [1.807, 2.05) is 7.05 Å². The minimum Gasteiger partial charge on any atom is -0.350 e. The molecule has 1 fully saturated rings. The number of carbonyl (C=O) groups excluding carboxylic acids is 2. The molecule has 2 N–H and O–H groups in total. The Labute approximate surface area is 108 Å². The van der Waals surface area contributed by atoms with E-state index in [9.17, 15) is 9.59 Å². The van der Waals surface area contributed by atoms with Crippen LogP contribution in [-0.4, -0.2) is 54.7 Å². The summed E-state index contributed by atoms with van der Waals surface area (Å²) in [7, 11) is 2.04. The number of piperidine rings is 1. The van der Waals surface area contributed by atoms with Gasteiger partial charge in [-0.05, 0) is 26.4 Å². The van der Waals surface area contributed by atoms with Crippen LogP contribution in [0.3, 0.4) is 0 Å². The molecular weight excluding hydrogens is 238 g/mol. The average Bonchev–Trinajstić information content (AvgIpc) is 2.25. The standard InChI is InChI=1S/C11H21N3O2S/c1-8(15)12-10(7-17)11(16)13-9-4-3-5-14(2)6-9/h9-10,17H,3-7H2,1-2H3,(H,12,15)(H,13,16). The van der Waals surface area contributed by atoms with Crippen molar-refractivity contribution in [3.63, 3.8) is 0 Å². The van der Waals surface area contributed by atoms with Gasteiger partial charge in [-0.3, -0.25) is 9.59 Å². The van der Waals surface area contributed by atoms with Gasteiger partial charge in [-0.1, -0.05) is 0 Å². The molecule has 0 aliphatic carbocycles. The van der Waals surface area contributed by atoms with Crippen LogP contribution in [0.15, 0.2) is 0 Å². The number of amides is 2. The first-order chi connectivity index (χ1) is 8.02. The van der Waals surface area contributed by atoms with E-state index < -0.39 is 6.04 Å². The van der Waals surface area contributed by atoms with Gasteiger partial charge in [0.1, 0.15) is 6.04 Å². The molecule has 98 valence electrons. The quantitative estimate of drug-likeness (QED) is 0.604. The topological polar surface area (TPSA) is 61.4 Å². The third-order valence-corrected chi connectivity index (χ3v) is 3.21. The second kappa shape index (κ2) is 6.86. The molecule has 0 aromatic heterocycles. The maximum absolute atomic E-state index is 11.9. The molecule has 0 aromatic carbocycles. The van der Waals surface area contributed by atoms with E-state index in [4.69, 9.17) is 0 Å². The SMILES string of the molecule is CC(=O)NC(CS)C(=O)NC1CCCN(C)C1. The first-order valence-corrected chi connectivity index (χ1v) is 6.53. The summed E-state index contributed by atoms with van der Waals surface area (Å²) in [5, 5.41) is 5.55. The molecule has 0 radical (unpaired) electrons. The van der Waals surface area contributed by atoms with Gasteiger partial charge < -0.3 is 15.5 Å². The second-order valence-electron chi connectivity index (χ2n) is 4.55. The van der Waals surface area contributed by atoms with Crippen LogP contribution in [0.5, 0.6) is 0 Å². The maximum atomic E-state index is 11.9. The molecule has 6 heteroatoms. The Morgan fingerprint density at radius 2 is 2.24 bits per heavy atom. The van der Waals surface area contributed by atoms with E-state index in [0.29, 0.717) is 5.75 Å². The fourth-order valence-corrected chi connectivity index (χ4v) is 2.28. The molecular formula is C11H21N3O2S. The maximum Gasteiger partial charge on any atom is 0.243 e. The van der Waals surface area contributed by atoms with E-state index >= 15 is 0 Å². The first-order valence-electron chi connectivity index (χ1n) is 5.89. The summed E-state index contributed by atoms with van der Waals surface area (Å²) < 4.78 is 0. The molecule has 1 aliphatic rings. The van der Waals surface area contributed by atoms with Crippen LogP contribution >= 0.6 is 12.6 Å². The zero-order valence-corrected chi connectivity index (χ0v) is 11.3. The average molecular weight is 259 g/mol. The molecule has 5 nitrogen and oxygen atoms in total. The highest BCUT2D eigenvalue weighted by molar-refractivity contribution is 7.80. The van der Waals surface area contributed by atoms with Crippen molar-refractivity contribution < 1.29 is 9.59 Å². The molecule has 1 rings (SSSR count). The van der Waals surface area contributed by atoms with Crippen molar-refractivity contribution in [3.05, 3.63) is 0 Å². The molecule has 1 aliphatic heterocycles. The van der Waals surface area contributed by atoms with Crippen LogP contribution in [0.25, 0.3) is 0 Å². The Morgan fingerprint density at radius 1 is 1.53 bits per heavy atom.